The molecule has 0 fully saturated rings. The lowest BCUT2D eigenvalue weighted by Crippen LogP contribution is -1.97. The van der Waals surface area contributed by atoms with Crippen LogP contribution in [0.25, 0.3) is 0 Å². The molecule has 0 heterocycles. The Hall–Kier alpha value is -0.280. The fraction of sp³-hybridized carbons (Fsp3) is 0.412. The molecule has 0 atom stereocenters. The molecule has 1 aromatic rings. The van der Waals surface area contributed by atoms with E-state index in [0.29, 0.717) is 13.0 Å². The molecule has 0 unspecified atom stereocenters. The number of hydrogen-bond acceptors (Lipinski definition) is 2. The van der Waals surface area contributed by atoms with Crippen molar-refractivity contribution in [3.63, 3.8) is 0 Å². The van der Waals surface area contributed by atoms with Gasteiger partial charge >= 0.3 is 0 Å². The highest BCUT2D eigenvalue weighted by atomic mass is 35.6. The fourth-order valence-electron chi connectivity index (χ4n) is 1.70. The van der Waals surface area contributed by atoms with Gasteiger partial charge in [0.15, 0.2) is 3.79 Å². The van der Waals surface area contributed by atoms with Crippen LogP contribution in [-0.4, -0.2) is 16.7 Å². The number of ether oxygens (including phenoxy) is 1. The lowest BCUT2D eigenvalue weighted by Gasteiger charge is -2.06. The van der Waals surface area contributed by atoms with E-state index in [4.69, 9.17) is 39.5 Å². The molecular weight excluding hydrogens is 359 g/mol. The molecule has 1 rings (SSSR count). The minimum Gasteiger partial charge on any atom is -0.490 e. The van der Waals surface area contributed by atoms with Crippen LogP contribution in [-0.2, 0) is 0 Å². The molecule has 0 radical (unpaired) electrons. The Balaban J connectivity index is 2.25. The molecule has 0 amide bonds. The number of benzene rings is 1. The lowest BCUT2D eigenvalue weighted by atomic mass is 10.1. The van der Waals surface area contributed by atoms with Gasteiger partial charge in [0, 0.05) is 11.3 Å². The van der Waals surface area contributed by atoms with Crippen LogP contribution in [0.1, 0.15) is 26.2 Å². The van der Waals surface area contributed by atoms with E-state index in [1.54, 1.807) is 11.8 Å². The molecule has 0 aliphatic carbocycles. The van der Waals surface area contributed by atoms with Crippen LogP contribution in [0, 0.1) is 0 Å². The first-order valence-electron chi connectivity index (χ1n) is 7.05. The maximum Gasteiger partial charge on any atom is 0.194 e. The van der Waals surface area contributed by atoms with Crippen LogP contribution in [0.15, 0.2) is 53.0 Å². The van der Waals surface area contributed by atoms with Gasteiger partial charge in [-0.2, -0.15) is 0 Å². The smallest absolute Gasteiger partial charge is 0.194 e. The van der Waals surface area contributed by atoms with Crippen LogP contribution in [0.2, 0.25) is 0 Å². The second-order valence-corrected chi connectivity index (χ2v) is 8.26. The number of halogens is 3. The average molecular weight is 380 g/mol. The van der Waals surface area contributed by atoms with Crippen molar-refractivity contribution >= 4 is 46.6 Å². The predicted octanol–water partition coefficient (Wildman–Crippen LogP) is 6.83. The van der Waals surface area contributed by atoms with Gasteiger partial charge < -0.3 is 4.74 Å². The molecule has 0 aliphatic rings. The van der Waals surface area contributed by atoms with Crippen molar-refractivity contribution in [2.75, 3.05) is 12.9 Å². The SMILES string of the molecule is CSc1ccc(OCC=C(C)CCC=CCC(Cl)(Cl)Cl)cc1. The molecule has 22 heavy (non-hydrogen) atoms. The van der Waals surface area contributed by atoms with Crippen molar-refractivity contribution in [3.8, 4) is 5.75 Å². The van der Waals surface area contributed by atoms with Gasteiger partial charge in [-0.25, -0.2) is 0 Å². The van der Waals surface area contributed by atoms with E-state index in [2.05, 4.69) is 31.4 Å². The van der Waals surface area contributed by atoms with E-state index < -0.39 is 3.79 Å². The van der Waals surface area contributed by atoms with E-state index >= 15 is 0 Å². The summed E-state index contributed by atoms with van der Waals surface area (Å²) in [5.41, 5.74) is 1.29. The zero-order chi connectivity index (χ0) is 16.4. The van der Waals surface area contributed by atoms with Gasteiger partial charge in [0.1, 0.15) is 12.4 Å². The summed E-state index contributed by atoms with van der Waals surface area (Å²) in [4.78, 5) is 1.24. The maximum absolute atomic E-state index is 5.69. The lowest BCUT2D eigenvalue weighted by molar-refractivity contribution is 0.361. The van der Waals surface area contributed by atoms with Gasteiger partial charge in [0.2, 0.25) is 0 Å². The van der Waals surface area contributed by atoms with E-state index in [1.807, 2.05) is 24.3 Å². The first-order valence-corrected chi connectivity index (χ1v) is 9.41. The van der Waals surface area contributed by atoms with Crippen molar-refractivity contribution in [2.45, 2.75) is 34.9 Å². The summed E-state index contributed by atoms with van der Waals surface area (Å²) < 4.78 is 4.50. The van der Waals surface area contributed by atoms with E-state index in [1.165, 1.54) is 10.5 Å². The molecule has 0 bridgehead atoms. The summed E-state index contributed by atoms with van der Waals surface area (Å²) in [7, 11) is 0. The van der Waals surface area contributed by atoms with E-state index in [9.17, 15) is 0 Å². The third-order valence-electron chi connectivity index (χ3n) is 2.96. The van der Waals surface area contributed by atoms with Crippen LogP contribution in [0.4, 0.5) is 0 Å². The quantitative estimate of drug-likeness (QED) is 0.278. The van der Waals surface area contributed by atoms with Crippen LogP contribution >= 0.6 is 46.6 Å². The van der Waals surface area contributed by atoms with Gasteiger partial charge in [-0.05, 0) is 56.4 Å². The minimum absolute atomic E-state index is 0.440. The minimum atomic E-state index is -1.19. The molecule has 0 N–H and O–H groups in total. The van der Waals surface area contributed by atoms with Gasteiger partial charge in [-0.1, -0.05) is 52.5 Å². The molecular formula is C17H21Cl3OS. The van der Waals surface area contributed by atoms with Crippen LogP contribution in [0.5, 0.6) is 5.75 Å². The topological polar surface area (TPSA) is 9.23 Å². The predicted molar refractivity (Wildman–Crippen MR) is 101 cm³/mol. The van der Waals surface area contributed by atoms with Crippen molar-refractivity contribution in [2.24, 2.45) is 0 Å². The summed E-state index contributed by atoms with van der Waals surface area (Å²) in [5.74, 6) is 0.893. The molecule has 5 heteroatoms. The molecule has 0 saturated carbocycles. The number of rotatable bonds is 8. The Kier molecular flexibility index (Phi) is 9.42. The highest BCUT2D eigenvalue weighted by Crippen LogP contribution is 2.30. The Morgan fingerprint density at radius 1 is 1.18 bits per heavy atom. The molecule has 0 aliphatic heterocycles. The van der Waals surface area contributed by atoms with Crippen molar-refractivity contribution < 1.29 is 4.74 Å². The van der Waals surface area contributed by atoms with Gasteiger partial charge in [0.05, 0.1) is 0 Å². The monoisotopic (exact) mass is 378 g/mol. The average Bonchev–Trinajstić information content (AvgIpc) is 2.46. The second kappa shape index (κ2) is 10.5. The normalized spacial score (nSPS) is 12.9. The fourth-order valence-corrected chi connectivity index (χ4v) is 2.38. The van der Waals surface area contributed by atoms with Crippen LogP contribution < -0.4 is 4.74 Å². The molecule has 122 valence electrons. The Labute approximate surface area is 152 Å². The number of alkyl halides is 3. The molecule has 1 aromatic carbocycles. The first-order chi connectivity index (χ1) is 10.4. The number of hydrogen-bond donors (Lipinski definition) is 0. The third-order valence-corrected chi connectivity index (χ3v) is 4.17. The van der Waals surface area contributed by atoms with E-state index in [-0.39, 0.29) is 0 Å². The zero-order valence-corrected chi connectivity index (χ0v) is 15.9. The van der Waals surface area contributed by atoms with E-state index in [0.717, 1.165) is 18.6 Å². The summed E-state index contributed by atoms with van der Waals surface area (Å²) in [6, 6.07) is 8.11. The highest BCUT2D eigenvalue weighted by Gasteiger charge is 2.16. The Morgan fingerprint density at radius 2 is 1.86 bits per heavy atom. The molecule has 0 spiro atoms. The maximum atomic E-state index is 5.69. The molecule has 1 nitrogen and oxygen atoms in total. The van der Waals surface area contributed by atoms with Gasteiger partial charge in [-0.3, -0.25) is 0 Å². The van der Waals surface area contributed by atoms with Crippen molar-refractivity contribution in [3.05, 3.63) is 48.1 Å². The summed E-state index contributed by atoms with van der Waals surface area (Å²) >= 11 is 18.7. The highest BCUT2D eigenvalue weighted by molar-refractivity contribution is 7.98. The zero-order valence-electron chi connectivity index (χ0n) is 12.8. The largest absolute Gasteiger partial charge is 0.490 e. The molecule has 0 saturated heterocycles. The summed E-state index contributed by atoms with van der Waals surface area (Å²) in [6.07, 6.45) is 10.5. The number of allylic oxidation sites excluding steroid dienone is 3. The van der Waals surface area contributed by atoms with Gasteiger partial charge in [0.25, 0.3) is 0 Å². The standard InChI is InChI=1S/C17H21Cl3OS/c1-14(6-4-3-5-12-17(18,19)20)11-13-21-15-7-9-16(22-2)10-8-15/h3,5,7-11H,4,6,12-13H2,1-2H3. The van der Waals surface area contributed by atoms with Crippen molar-refractivity contribution in [1.29, 1.82) is 0 Å². The Bertz CT molecular complexity index is 490. The van der Waals surface area contributed by atoms with Crippen molar-refractivity contribution in [1.82, 2.24) is 0 Å². The molecule has 0 aromatic heterocycles. The number of thioether (sulfide) groups is 1. The Morgan fingerprint density at radius 3 is 2.45 bits per heavy atom. The van der Waals surface area contributed by atoms with Gasteiger partial charge in [-0.15, -0.1) is 11.8 Å². The second-order valence-electron chi connectivity index (χ2n) is 4.87. The van der Waals surface area contributed by atoms with Crippen LogP contribution in [0.3, 0.4) is 0 Å². The summed E-state index contributed by atoms with van der Waals surface area (Å²) in [5, 5.41) is 0. The summed E-state index contributed by atoms with van der Waals surface area (Å²) in [6.45, 7) is 2.69. The first kappa shape index (κ1) is 19.8. The third kappa shape index (κ3) is 9.68.